The van der Waals surface area contributed by atoms with E-state index in [1.165, 1.54) is 0 Å². The summed E-state index contributed by atoms with van der Waals surface area (Å²) >= 11 is 0. The summed E-state index contributed by atoms with van der Waals surface area (Å²) in [5, 5.41) is 2.53. The van der Waals surface area contributed by atoms with Crippen LogP contribution in [0.15, 0.2) is 0 Å². The molecule has 2 atom stereocenters. The molecular formula is C8H17N2O4P. The largest absolute Gasteiger partial charge is 0.344 e. The van der Waals surface area contributed by atoms with E-state index in [-0.39, 0.29) is 12.1 Å². The van der Waals surface area contributed by atoms with Crippen molar-refractivity contribution in [2.45, 2.75) is 37.8 Å². The highest BCUT2D eigenvalue weighted by molar-refractivity contribution is 7.64. The molecule has 0 bridgehead atoms. The van der Waals surface area contributed by atoms with E-state index in [0.29, 0.717) is 0 Å². The van der Waals surface area contributed by atoms with Crippen molar-refractivity contribution in [1.29, 1.82) is 0 Å². The zero-order chi connectivity index (χ0) is 11.8. The molecule has 0 heterocycles. The van der Waals surface area contributed by atoms with Gasteiger partial charge in [-0.25, -0.2) is 0 Å². The molecule has 0 unspecified atom stereocenters. The molecule has 0 aromatic rings. The van der Waals surface area contributed by atoms with Crippen LogP contribution in [0.1, 0.15) is 25.7 Å². The second-order valence-corrected chi connectivity index (χ2v) is 4.28. The second kappa shape index (κ2) is 7.70. The standard InChI is InChI=1S/C7H15N2O3P.CH2O/c8-5-3-1-2-4-6(5)9-7(10)13(11)12;1-2/h5-6,11-12H,1-4,8H2,(H,9,10);1H2/t5-,6-;/m0./s1. The Kier molecular flexibility index (Phi) is 7.42. The number of hydrogen-bond donors (Lipinski definition) is 4. The van der Waals surface area contributed by atoms with E-state index in [2.05, 4.69) is 5.32 Å². The van der Waals surface area contributed by atoms with Crippen LogP contribution in [0.2, 0.25) is 0 Å². The van der Waals surface area contributed by atoms with E-state index in [0.717, 1.165) is 25.7 Å². The first kappa shape index (κ1) is 14.5. The highest BCUT2D eigenvalue weighted by atomic mass is 31.2. The Hall–Kier alpha value is -0.550. The van der Waals surface area contributed by atoms with Crippen LogP contribution in [0.5, 0.6) is 0 Å². The Bertz CT molecular complexity index is 203. The van der Waals surface area contributed by atoms with Gasteiger partial charge in [0.1, 0.15) is 6.79 Å². The Morgan fingerprint density at radius 2 is 1.87 bits per heavy atom. The number of amides is 1. The summed E-state index contributed by atoms with van der Waals surface area (Å²) in [4.78, 5) is 36.1. The summed E-state index contributed by atoms with van der Waals surface area (Å²) in [5.74, 6) is 0. The first-order valence-corrected chi connectivity index (χ1v) is 5.89. The van der Waals surface area contributed by atoms with Gasteiger partial charge in [-0.15, -0.1) is 0 Å². The third kappa shape index (κ3) is 5.18. The molecule has 15 heavy (non-hydrogen) atoms. The highest BCUT2D eigenvalue weighted by Crippen LogP contribution is 2.25. The summed E-state index contributed by atoms with van der Waals surface area (Å²) in [6.07, 6.45) is 3.84. The van der Waals surface area contributed by atoms with Crippen LogP contribution >= 0.6 is 8.38 Å². The second-order valence-electron chi connectivity index (χ2n) is 3.29. The molecule has 7 heteroatoms. The van der Waals surface area contributed by atoms with Gasteiger partial charge in [0.25, 0.3) is 14.0 Å². The summed E-state index contributed by atoms with van der Waals surface area (Å²) in [7, 11) is -2.51. The predicted octanol–water partition coefficient (Wildman–Crippen LogP) is 0.0775. The predicted molar refractivity (Wildman–Crippen MR) is 57.2 cm³/mol. The van der Waals surface area contributed by atoms with E-state index in [9.17, 15) is 4.79 Å². The molecule has 1 amide bonds. The number of hydrogen-bond acceptors (Lipinski definition) is 5. The zero-order valence-corrected chi connectivity index (χ0v) is 9.32. The van der Waals surface area contributed by atoms with Crippen LogP contribution in [0.4, 0.5) is 4.79 Å². The van der Waals surface area contributed by atoms with Gasteiger partial charge in [-0.3, -0.25) is 4.79 Å². The quantitative estimate of drug-likeness (QED) is 0.507. The molecule has 0 radical (unpaired) electrons. The summed E-state index contributed by atoms with van der Waals surface area (Å²) < 4.78 is 0. The molecule has 6 nitrogen and oxygen atoms in total. The molecule has 0 spiro atoms. The average Bonchev–Trinajstić information content (AvgIpc) is 2.24. The minimum Gasteiger partial charge on any atom is -0.344 e. The molecule has 1 saturated carbocycles. The fourth-order valence-corrected chi connectivity index (χ4v) is 1.84. The Morgan fingerprint density at radius 1 is 1.33 bits per heavy atom. The van der Waals surface area contributed by atoms with Gasteiger partial charge < -0.3 is 25.6 Å². The van der Waals surface area contributed by atoms with Gasteiger partial charge >= 0.3 is 0 Å². The molecule has 1 fully saturated rings. The summed E-state index contributed by atoms with van der Waals surface area (Å²) in [6, 6.07) is -0.141. The molecule has 88 valence electrons. The lowest BCUT2D eigenvalue weighted by Gasteiger charge is -2.29. The molecule has 0 saturated heterocycles. The number of nitrogens with one attached hydrogen (secondary N) is 1. The first-order chi connectivity index (χ1) is 7.11. The SMILES string of the molecule is C=O.N[C@H]1CCCC[C@@H]1NC(=O)P(O)O. The molecular weight excluding hydrogens is 219 g/mol. The maximum atomic E-state index is 10.9. The molecule has 0 aromatic heterocycles. The number of nitrogens with two attached hydrogens (primary N) is 1. The van der Waals surface area contributed by atoms with E-state index in [4.69, 9.17) is 20.3 Å². The van der Waals surface area contributed by atoms with Crippen LogP contribution in [0, 0.1) is 0 Å². The Morgan fingerprint density at radius 3 is 2.33 bits per heavy atom. The van der Waals surface area contributed by atoms with Crippen molar-refractivity contribution in [3.05, 3.63) is 0 Å². The fourth-order valence-electron chi connectivity index (χ4n) is 1.56. The van der Waals surface area contributed by atoms with Crippen LogP contribution in [-0.4, -0.2) is 34.3 Å². The van der Waals surface area contributed by atoms with E-state index >= 15 is 0 Å². The number of carbonyl (C=O) groups excluding carboxylic acids is 2. The number of carbonyl (C=O) groups is 2. The Labute approximate surface area is 89.8 Å². The van der Waals surface area contributed by atoms with Crippen molar-refractivity contribution in [3.63, 3.8) is 0 Å². The average molecular weight is 236 g/mol. The lowest BCUT2D eigenvalue weighted by atomic mass is 9.91. The molecule has 5 N–H and O–H groups in total. The van der Waals surface area contributed by atoms with Crippen LogP contribution in [-0.2, 0) is 4.79 Å². The van der Waals surface area contributed by atoms with E-state index in [1.54, 1.807) is 0 Å². The zero-order valence-electron chi connectivity index (χ0n) is 8.43. The normalized spacial score (nSPS) is 25.3. The maximum Gasteiger partial charge on any atom is 0.298 e. The van der Waals surface area contributed by atoms with Crippen molar-refractivity contribution in [2.24, 2.45) is 5.73 Å². The smallest absolute Gasteiger partial charge is 0.298 e. The Balaban J connectivity index is 0.000000921. The third-order valence-corrected chi connectivity index (χ3v) is 2.80. The van der Waals surface area contributed by atoms with Gasteiger partial charge in [-0.05, 0) is 12.8 Å². The van der Waals surface area contributed by atoms with E-state index < -0.39 is 14.0 Å². The molecule has 1 rings (SSSR count). The lowest BCUT2D eigenvalue weighted by molar-refractivity contribution is -0.0979. The lowest BCUT2D eigenvalue weighted by Crippen LogP contribution is -2.48. The van der Waals surface area contributed by atoms with Crippen molar-refractivity contribution in [2.75, 3.05) is 0 Å². The molecule has 0 aromatic carbocycles. The highest BCUT2D eigenvalue weighted by Gasteiger charge is 2.25. The van der Waals surface area contributed by atoms with Crippen molar-refractivity contribution in [1.82, 2.24) is 5.32 Å². The van der Waals surface area contributed by atoms with E-state index in [1.807, 2.05) is 6.79 Å². The van der Waals surface area contributed by atoms with Crippen LogP contribution < -0.4 is 11.1 Å². The summed E-state index contributed by atoms with van der Waals surface area (Å²) in [6.45, 7) is 2.00. The van der Waals surface area contributed by atoms with Crippen molar-refractivity contribution >= 4 is 20.8 Å². The molecule has 0 aliphatic heterocycles. The van der Waals surface area contributed by atoms with Gasteiger partial charge in [0.2, 0.25) is 0 Å². The van der Waals surface area contributed by atoms with Gasteiger partial charge in [-0.1, -0.05) is 12.8 Å². The van der Waals surface area contributed by atoms with Crippen LogP contribution in [0.3, 0.4) is 0 Å². The van der Waals surface area contributed by atoms with Gasteiger partial charge in [0.15, 0.2) is 0 Å². The minimum absolute atomic E-state index is 0.0485. The van der Waals surface area contributed by atoms with Crippen LogP contribution in [0.25, 0.3) is 0 Å². The van der Waals surface area contributed by atoms with Gasteiger partial charge in [-0.2, -0.15) is 0 Å². The third-order valence-electron chi connectivity index (χ3n) is 2.31. The van der Waals surface area contributed by atoms with Crippen molar-refractivity contribution in [3.8, 4) is 0 Å². The maximum absolute atomic E-state index is 10.9. The fraction of sp³-hybridized carbons (Fsp3) is 0.750. The van der Waals surface area contributed by atoms with Gasteiger partial charge in [0, 0.05) is 12.1 Å². The monoisotopic (exact) mass is 236 g/mol. The minimum atomic E-state index is -2.51. The number of rotatable bonds is 2. The first-order valence-electron chi connectivity index (χ1n) is 4.64. The van der Waals surface area contributed by atoms with Gasteiger partial charge in [0.05, 0.1) is 0 Å². The molecule has 1 aliphatic carbocycles. The summed E-state index contributed by atoms with van der Waals surface area (Å²) in [5.41, 5.74) is 5.06. The van der Waals surface area contributed by atoms with Crippen molar-refractivity contribution < 1.29 is 19.4 Å². The molecule has 1 aliphatic rings. The topological polar surface area (TPSA) is 113 Å².